The van der Waals surface area contributed by atoms with Crippen LogP contribution >= 0.6 is 0 Å². The number of H-pyrrole nitrogens is 2. The van der Waals surface area contributed by atoms with Crippen LogP contribution in [0.4, 0.5) is 0 Å². The Hall–Kier alpha value is -5.12. The van der Waals surface area contributed by atoms with E-state index in [0.29, 0.717) is 39.6 Å². The van der Waals surface area contributed by atoms with Crippen LogP contribution in [0.15, 0.2) is 35.9 Å². The minimum Gasteiger partial charge on any atom is -0.512 e. The number of hydrogen-bond acceptors (Lipinski definition) is 8. The number of nitrogens with zero attached hydrogens (tertiary/aromatic N) is 2. The van der Waals surface area contributed by atoms with Crippen LogP contribution in [0.5, 0.6) is 0 Å². The number of methoxy groups -OCH3 is 1. The summed E-state index contributed by atoms with van der Waals surface area (Å²) < 4.78 is 11.1. The maximum absolute atomic E-state index is 13.7. The molecule has 0 saturated carbocycles. The molecule has 3 aliphatic rings. The molecule has 10 nitrogen and oxygen atoms in total. The minimum atomic E-state index is -1.10. The minimum absolute atomic E-state index is 0.0158. The van der Waals surface area contributed by atoms with Crippen LogP contribution in [-0.2, 0) is 19.1 Å². The van der Waals surface area contributed by atoms with Crippen molar-refractivity contribution in [1.29, 1.82) is 0 Å². The Morgan fingerprint density at radius 2 is 1.49 bits per heavy atom. The van der Waals surface area contributed by atoms with Crippen LogP contribution in [0.1, 0.15) is 196 Å². The molecule has 4 N–H and O–H groups in total. The Bertz CT molecular complexity index is 2610. The molecule has 5 heterocycles. The van der Waals surface area contributed by atoms with E-state index in [1.165, 1.54) is 57.6 Å². The fourth-order valence-electron chi connectivity index (χ4n) is 10.5. The number of aromatic nitrogens is 4. The average molecular weight is 889 g/mol. The first-order valence-electron chi connectivity index (χ1n) is 24.4. The van der Waals surface area contributed by atoms with Gasteiger partial charge in [-0.15, -0.1) is 0 Å². The van der Waals surface area contributed by atoms with Crippen LogP contribution in [0.3, 0.4) is 0 Å². The number of fused-ring (bicyclic) bond motifs is 8. The number of carbonyl (C=O) groups excluding carboxylic acids is 2. The van der Waals surface area contributed by atoms with Crippen molar-refractivity contribution in [3.8, 4) is 0 Å². The summed E-state index contributed by atoms with van der Waals surface area (Å²) in [7, 11) is 1.32. The Balaban J connectivity index is 1.26. The molecule has 3 aromatic rings. The van der Waals surface area contributed by atoms with E-state index in [4.69, 9.17) is 19.4 Å². The summed E-state index contributed by atoms with van der Waals surface area (Å²) in [6, 6.07) is 6.00. The first-order valence-corrected chi connectivity index (χ1v) is 24.4. The quantitative estimate of drug-likeness (QED) is 0.0728. The van der Waals surface area contributed by atoms with Gasteiger partial charge in [-0.3, -0.25) is 19.6 Å². The van der Waals surface area contributed by atoms with Gasteiger partial charge in [-0.2, -0.15) is 0 Å². The van der Waals surface area contributed by atoms with Crippen LogP contribution in [0, 0.1) is 31.6 Å². The molecule has 0 fully saturated rings. The summed E-state index contributed by atoms with van der Waals surface area (Å²) in [5.74, 6) is -0.0608. The van der Waals surface area contributed by atoms with Crippen molar-refractivity contribution < 1.29 is 29.3 Å². The standard InChI is InChI=1S/C55H76N4O6/c1-13-39-34(7)41-29-46-48(38(11)60)36(9)43(57-46)27-42-35(8)40(52(58-42)50-51(55(63)64-12)54(62)49-37(10)44(59-53(49)50)28-45(39)56-41)23-24-47(61)65-26-25-33(6)22-16-21-32(5)20-15-19-31(4)18-14-17-30(2)3/h13,25,27-32,34-35,40,51,57,59-60,62H,14-24,26H2,1-12H3/b33-25+,39-13+,42-27?,45-28?,46-29?,48-38?/t31-,32-,34-,35+,40+,51-/m1/s1. The molecule has 0 radical (unpaired) electrons. The first-order chi connectivity index (χ1) is 30.9. The number of ether oxygens (including phenoxy) is 2. The van der Waals surface area contributed by atoms with Crippen molar-refractivity contribution in [1.82, 2.24) is 19.9 Å². The molecule has 0 spiro atoms. The zero-order chi connectivity index (χ0) is 47.3. The van der Waals surface area contributed by atoms with E-state index in [2.05, 4.69) is 64.5 Å². The lowest BCUT2D eigenvalue weighted by molar-refractivity contribution is -0.143. The second kappa shape index (κ2) is 21.5. The monoisotopic (exact) mass is 889 g/mol. The number of esters is 2. The van der Waals surface area contributed by atoms with Gasteiger partial charge in [0.15, 0.2) is 0 Å². The lowest BCUT2D eigenvalue weighted by atomic mass is 9.84. The lowest BCUT2D eigenvalue weighted by Gasteiger charge is -2.19. The molecule has 65 heavy (non-hydrogen) atoms. The molecular weight excluding hydrogens is 813 g/mol. The van der Waals surface area contributed by atoms with E-state index in [0.717, 1.165) is 75.0 Å². The Labute approximate surface area is 386 Å². The van der Waals surface area contributed by atoms with Crippen molar-refractivity contribution in [3.05, 3.63) is 85.8 Å². The highest BCUT2D eigenvalue weighted by Gasteiger charge is 2.41. The maximum atomic E-state index is 13.7. The fraction of sp³-hybridized carbons (Fsp3) is 0.564. The van der Waals surface area contributed by atoms with Crippen LogP contribution in [0.25, 0.3) is 39.2 Å². The Morgan fingerprint density at radius 3 is 2.14 bits per heavy atom. The molecular formula is C55H76N4O6. The smallest absolute Gasteiger partial charge is 0.321 e. The van der Waals surface area contributed by atoms with Gasteiger partial charge in [0.25, 0.3) is 0 Å². The third-order valence-electron chi connectivity index (χ3n) is 14.5. The van der Waals surface area contributed by atoms with Crippen molar-refractivity contribution in [2.75, 3.05) is 13.7 Å². The van der Waals surface area contributed by atoms with E-state index in [1.54, 1.807) is 6.92 Å². The number of aliphatic hydroxyl groups is 2. The van der Waals surface area contributed by atoms with Gasteiger partial charge in [0, 0.05) is 56.9 Å². The first kappa shape index (κ1) is 49.3. The van der Waals surface area contributed by atoms with E-state index >= 15 is 0 Å². The van der Waals surface area contributed by atoms with E-state index in [-0.39, 0.29) is 48.3 Å². The zero-order valence-corrected chi connectivity index (χ0v) is 41.3. The van der Waals surface area contributed by atoms with Gasteiger partial charge in [0.2, 0.25) is 0 Å². The van der Waals surface area contributed by atoms with Crippen LogP contribution in [-0.4, -0.2) is 55.8 Å². The van der Waals surface area contributed by atoms with Gasteiger partial charge in [0.1, 0.15) is 18.3 Å². The predicted molar refractivity (Wildman–Crippen MR) is 264 cm³/mol. The maximum Gasteiger partial charge on any atom is 0.321 e. The third-order valence-corrected chi connectivity index (χ3v) is 14.5. The summed E-state index contributed by atoms with van der Waals surface area (Å²) in [5, 5.41) is 24.2. The largest absolute Gasteiger partial charge is 0.512 e. The van der Waals surface area contributed by atoms with Gasteiger partial charge in [-0.25, -0.2) is 0 Å². The molecule has 0 unspecified atom stereocenters. The number of nitrogens with one attached hydrogen (secondary N) is 2. The van der Waals surface area contributed by atoms with Crippen molar-refractivity contribution in [3.63, 3.8) is 0 Å². The van der Waals surface area contributed by atoms with Crippen molar-refractivity contribution in [2.24, 2.45) is 17.8 Å². The molecule has 6 rings (SSSR count). The van der Waals surface area contributed by atoms with Gasteiger partial charge in [-0.1, -0.05) is 98.1 Å². The number of aromatic amines is 2. The van der Waals surface area contributed by atoms with Crippen LogP contribution < -0.4 is 10.4 Å². The number of allylic oxidation sites excluding steroid dienone is 3. The number of aryl methyl sites for hydroxylation is 2. The van der Waals surface area contributed by atoms with Crippen molar-refractivity contribution in [2.45, 2.75) is 170 Å². The average Bonchev–Trinajstić information content (AvgIpc) is 4.00. The molecule has 0 saturated heterocycles. The highest BCUT2D eigenvalue weighted by atomic mass is 16.5. The van der Waals surface area contributed by atoms with Gasteiger partial charge in [0.05, 0.1) is 41.0 Å². The normalized spacial score (nSPS) is 20.4. The molecule has 6 atom stereocenters. The summed E-state index contributed by atoms with van der Waals surface area (Å²) in [5.41, 5.74) is 10.4. The van der Waals surface area contributed by atoms with Crippen LogP contribution in [0.2, 0.25) is 0 Å². The van der Waals surface area contributed by atoms with Gasteiger partial charge < -0.3 is 29.7 Å². The Kier molecular flexibility index (Phi) is 16.3. The summed E-state index contributed by atoms with van der Waals surface area (Å²) in [6.45, 7) is 23.5. The van der Waals surface area contributed by atoms with E-state index in [1.807, 2.05) is 45.0 Å². The fourth-order valence-corrected chi connectivity index (χ4v) is 10.5. The van der Waals surface area contributed by atoms with Gasteiger partial charge >= 0.3 is 11.9 Å². The van der Waals surface area contributed by atoms with Crippen molar-refractivity contribution >= 4 is 51.1 Å². The molecule has 8 bridgehead atoms. The number of hydrogen-bond donors (Lipinski definition) is 4. The molecule has 10 heteroatoms. The molecule has 3 aromatic heterocycles. The highest BCUT2D eigenvalue weighted by Crippen LogP contribution is 2.46. The Morgan fingerprint density at radius 1 is 0.846 bits per heavy atom. The summed E-state index contributed by atoms with van der Waals surface area (Å²) >= 11 is 0. The van der Waals surface area contributed by atoms with E-state index in [9.17, 15) is 19.8 Å². The molecule has 2 aliphatic heterocycles. The van der Waals surface area contributed by atoms with E-state index < -0.39 is 11.9 Å². The predicted octanol–water partition coefficient (Wildman–Crippen LogP) is 12.4. The van der Waals surface area contributed by atoms with Gasteiger partial charge in [-0.05, 0) is 113 Å². The lowest BCUT2D eigenvalue weighted by Crippen LogP contribution is -2.18. The summed E-state index contributed by atoms with van der Waals surface area (Å²) in [6.07, 6.45) is 15.9. The SMILES string of the molecule is C/C=C1/c2cc3[nH]c4c(c5nc(cc6[nH]c(cc(n2)[C@@H]1C)c(=C(C)O)c6C)[C@@H](C)[C@@H]5CCC(=O)OC/C=C(\C)CCC[C@H](C)CCC[C@H](C)CCCC(C)C)[C@@H](C(=O)OC)C(O)=c4c3C. The molecule has 0 aromatic carbocycles. The highest BCUT2D eigenvalue weighted by molar-refractivity contribution is 5.96. The topological polar surface area (TPSA) is 150 Å². The molecule has 1 aliphatic carbocycles. The third kappa shape index (κ3) is 11.0. The zero-order valence-electron chi connectivity index (χ0n) is 41.3. The molecule has 352 valence electrons. The number of aliphatic hydroxyl groups excluding tert-OH is 2. The number of carbonyl (C=O) groups is 2. The number of rotatable bonds is 18. The summed E-state index contributed by atoms with van der Waals surface area (Å²) in [4.78, 5) is 44.6. The second-order valence-corrected chi connectivity index (χ2v) is 20.0. The second-order valence-electron chi connectivity index (χ2n) is 20.0. The molecule has 0 amide bonds.